The van der Waals surface area contributed by atoms with Crippen LogP contribution in [0.25, 0.3) is 0 Å². The molecule has 0 saturated carbocycles. The van der Waals surface area contributed by atoms with E-state index in [4.69, 9.17) is 0 Å². The van der Waals surface area contributed by atoms with E-state index >= 15 is 0 Å². The molecule has 24 heavy (non-hydrogen) atoms. The summed E-state index contributed by atoms with van der Waals surface area (Å²) < 4.78 is 0. The standard InChI is InChI=1S/C20H23N3O/c1-14-8-10-16(11-9-14)22-18(24)13-21-19-17-7-5-4-6-15(17)12-20(2,3)23-19/h4-11H,12-13H2,1-3H3,(H,21,23)(H,22,24)/p+1. The van der Waals surface area contributed by atoms with Crippen LogP contribution in [0.5, 0.6) is 0 Å². The van der Waals surface area contributed by atoms with Crippen molar-refractivity contribution in [3.63, 3.8) is 0 Å². The van der Waals surface area contributed by atoms with Gasteiger partial charge in [-0.1, -0.05) is 35.9 Å². The Morgan fingerprint density at radius 2 is 1.88 bits per heavy atom. The molecule has 0 saturated heterocycles. The number of amides is 1. The fraction of sp³-hybridized carbons (Fsp3) is 0.300. The van der Waals surface area contributed by atoms with Gasteiger partial charge >= 0.3 is 0 Å². The number of benzene rings is 2. The topological polar surface area (TPSA) is 55.1 Å². The summed E-state index contributed by atoms with van der Waals surface area (Å²) in [7, 11) is 0. The lowest BCUT2D eigenvalue weighted by molar-refractivity contribution is -0.445. The molecule has 2 aromatic rings. The predicted octanol–water partition coefficient (Wildman–Crippen LogP) is 1.39. The predicted molar refractivity (Wildman–Crippen MR) is 97.1 cm³/mol. The molecule has 1 heterocycles. The van der Waals surface area contributed by atoms with E-state index in [-0.39, 0.29) is 18.0 Å². The largest absolute Gasteiger partial charge is 0.323 e. The molecule has 2 aromatic carbocycles. The Labute approximate surface area is 143 Å². The van der Waals surface area contributed by atoms with Crippen molar-refractivity contribution in [2.24, 2.45) is 0 Å². The monoisotopic (exact) mass is 322 g/mol. The molecule has 0 atom stereocenters. The Morgan fingerprint density at radius 1 is 1.17 bits per heavy atom. The van der Waals surface area contributed by atoms with Gasteiger partial charge in [-0.15, -0.1) is 0 Å². The third kappa shape index (κ3) is 3.82. The number of nitrogens with one attached hydrogen (secondary N) is 3. The molecular weight excluding hydrogens is 298 g/mol. The maximum atomic E-state index is 12.2. The highest BCUT2D eigenvalue weighted by molar-refractivity contribution is 5.98. The quantitative estimate of drug-likeness (QED) is 0.800. The minimum absolute atomic E-state index is 0.0376. The zero-order valence-corrected chi connectivity index (χ0v) is 14.4. The summed E-state index contributed by atoms with van der Waals surface area (Å²) in [5.74, 6) is 0.856. The van der Waals surface area contributed by atoms with Crippen LogP contribution in [0.4, 0.5) is 5.69 Å². The van der Waals surface area contributed by atoms with Gasteiger partial charge in [0.15, 0.2) is 6.54 Å². The first kappa shape index (κ1) is 16.2. The summed E-state index contributed by atoms with van der Waals surface area (Å²) in [6.07, 6.45) is 0.962. The molecule has 4 heteroatoms. The lowest BCUT2D eigenvalue weighted by Gasteiger charge is -2.29. The van der Waals surface area contributed by atoms with Crippen molar-refractivity contribution in [2.45, 2.75) is 32.7 Å². The van der Waals surface area contributed by atoms with Gasteiger partial charge in [0.25, 0.3) is 11.7 Å². The van der Waals surface area contributed by atoms with Crippen molar-refractivity contribution in [1.82, 2.24) is 5.32 Å². The van der Waals surface area contributed by atoms with Gasteiger partial charge in [0.1, 0.15) is 5.54 Å². The molecule has 0 aliphatic carbocycles. The number of hydrogen-bond donors (Lipinski definition) is 3. The highest BCUT2D eigenvalue weighted by Crippen LogP contribution is 2.21. The number of rotatable bonds is 3. The van der Waals surface area contributed by atoms with Gasteiger partial charge in [0, 0.05) is 12.1 Å². The molecule has 3 N–H and O–H groups in total. The van der Waals surface area contributed by atoms with Crippen LogP contribution < -0.4 is 15.6 Å². The minimum Gasteiger partial charge on any atom is -0.323 e. The summed E-state index contributed by atoms with van der Waals surface area (Å²) in [4.78, 5) is 15.5. The Hall–Kier alpha value is -2.62. The first-order valence-corrected chi connectivity index (χ1v) is 8.27. The van der Waals surface area contributed by atoms with Crippen LogP contribution in [0.2, 0.25) is 0 Å². The summed E-state index contributed by atoms with van der Waals surface area (Å²) in [5, 5.41) is 6.41. The molecular formula is C20H24N3O+. The van der Waals surface area contributed by atoms with Crippen molar-refractivity contribution in [3.8, 4) is 0 Å². The summed E-state index contributed by atoms with van der Waals surface area (Å²) in [5.41, 5.74) is 4.38. The van der Waals surface area contributed by atoms with Crippen LogP contribution >= 0.6 is 0 Å². The van der Waals surface area contributed by atoms with Crippen LogP contribution in [0, 0.1) is 6.92 Å². The number of amidine groups is 1. The van der Waals surface area contributed by atoms with Gasteiger partial charge in [0.2, 0.25) is 0 Å². The minimum atomic E-state index is -0.0611. The molecule has 0 unspecified atom stereocenters. The Morgan fingerprint density at radius 3 is 2.62 bits per heavy atom. The van der Waals surface area contributed by atoms with Crippen LogP contribution in [0.3, 0.4) is 0 Å². The number of hydrogen-bond acceptors (Lipinski definition) is 1. The van der Waals surface area contributed by atoms with Crippen LogP contribution in [0.15, 0.2) is 48.5 Å². The maximum absolute atomic E-state index is 12.2. The Kier molecular flexibility index (Phi) is 4.38. The molecule has 1 amide bonds. The highest BCUT2D eigenvalue weighted by Gasteiger charge is 2.33. The fourth-order valence-electron chi connectivity index (χ4n) is 2.99. The highest BCUT2D eigenvalue weighted by atomic mass is 16.1. The van der Waals surface area contributed by atoms with Gasteiger partial charge in [-0.05, 0) is 44.5 Å². The summed E-state index contributed by atoms with van der Waals surface area (Å²) in [6, 6.07) is 16.1. The second-order valence-electron chi connectivity index (χ2n) is 6.99. The van der Waals surface area contributed by atoms with Gasteiger partial charge in [-0.3, -0.25) is 15.1 Å². The molecule has 0 radical (unpaired) electrons. The van der Waals surface area contributed by atoms with E-state index in [0.717, 1.165) is 23.5 Å². The second kappa shape index (κ2) is 6.48. The van der Waals surface area contributed by atoms with E-state index in [2.05, 4.69) is 47.7 Å². The number of carbonyl (C=O) groups is 1. The average molecular weight is 322 g/mol. The third-order valence-electron chi connectivity index (χ3n) is 4.14. The Balaban J connectivity index is 1.74. The molecule has 4 nitrogen and oxygen atoms in total. The molecule has 0 bridgehead atoms. The molecule has 0 spiro atoms. The van der Waals surface area contributed by atoms with E-state index in [0.29, 0.717) is 0 Å². The Bertz CT molecular complexity index is 776. The van der Waals surface area contributed by atoms with Crippen molar-refractivity contribution >= 4 is 17.4 Å². The van der Waals surface area contributed by atoms with Crippen LogP contribution in [-0.4, -0.2) is 23.8 Å². The lowest BCUT2D eigenvalue weighted by Crippen LogP contribution is -2.80. The van der Waals surface area contributed by atoms with Crippen molar-refractivity contribution in [3.05, 3.63) is 65.2 Å². The van der Waals surface area contributed by atoms with Gasteiger partial charge in [-0.2, -0.15) is 0 Å². The van der Waals surface area contributed by atoms with Crippen molar-refractivity contribution in [2.75, 3.05) is 11.9 Å². The van der Waals surface area contributed by atoms with Gasteiger partial charge in [-0.25, -0.2) is 0 Å². The average Bonchev–Trinajstić information content (AvgIpc) is 2.54. The van der Waals surface area contributed by atoms with Crippen LogP contribution in [0.1, 0.15) is 30.5 Å². The smallest absolute Gasteiger partial charge is 0.276 e. The fourth-order valence-corrected chi connectivity index (χ4v) is 2.99. The van der Waals surface area contributed by atoms with Gasteiger partial charge < -0.3 is 5.32 Å². The second-order valence-corrected chi connectivity index (χ2v) is 6.99. The maximum Gasteiger partial charge on any atom is 0.276 e. The van der Waals surface area contributed by atoms with Crippen molar-refractivity contribution in [1.29, 1.82) is 0 Å². The number of fused-ring (bicyclic) bond motifs is 1. The van der Waals surface area contributed by atoms with E-state index < -0.39 is 0 Å². The molecule has 1 aliphatic heterocycles. The van der Waals surface area contributed by atoms with E-state index in [1.165, 1.54) is 11.1 Å². The van der Waals surface area contributed by atoms with E-state index in [9.17, 15) is 4.79 Å². The third-order valence-corrected chi connectivity index (χ3v) is 4.14. The van der Waals surface area contributed by atoms with Gasteiger partial charge in [0.05, 0.1) is 5.56 Å². The molecule has 1 aliphatic rings. The summed E-state index contributed by atoms with van der Waals surface area (Å²) in [6.45, 7) is 6.58. The zero-order valence-electron chi connectivity index (χ0n) is 14.4. The number of carbonyl (C=O) groups excluding carboxylic acids is 1. The van der Waals surface area contributed by atoms with Crippen molar-refractivity contribution < 1.29 is 9.79 Å². The molecule has 124 valence electrons. The summed E-state index contributed by atoms with van der Waals surface area (Å²) >= 11 is 0. The van der Waals surface area contributed by atoms with E-state index in [1.54, 1.807) is 0 Å². The number of anilines is 1. The zero-order chi connectivity index (χ0) is 17.2. The first-order valence-electron chi connectivity index (χ1n) is 8.27. The number of aryl methyl sites for hydroxylation is 1. The van der Waals surface area contributed by atoms with Crippen LogP contribution in [-0.2, 0) is 11.2 Å². The lowest BCUT2D eigenvalue weighted by atomic mass is 9.87. The molecule has 0 fully saturated rings. The SMILES string of the molecule is Cc1ccc(NC(=O)C[NH+]=C2NC(C)(C)Cc3ccccc32)cc1. The normalized spacial score (nSPS) is 17.0. The molecule has 0 aromatic heterocycles. The molecule has 3 rings (SSSR count). The van der Waals surface area contributed by atoms with E-state index in [1.807, 2.05) is 37.3 Å². The first-order chi connectivity index (χ1) is 11.4.